The first-order chi connectivity index (χ1) is 9.84. The van der Waals surface area contributed by atoms with Gasteiger partial charge in [-0.2, -0.15) is 0 Å². The van der Waals surface area contributed by atoms with E-state index in [-0.39, 0.29) is 0 Å². The number of hydrogen-bond acceptors (Lipinski definition) is 1. The van der Waals surface area contributed by atoms with Crippen molar-refractivity contribution in [3.8, 4) is 0 Å². The van der Waals surface area contributed by atoms with Crippen LogP contribution in [-0.2, 0) is 4.74 Å². The van der Waals surface area contributed by atoms with Crippen molar-refractivity contribution in [2.75, 3.05) is 0 Å². The van der Waals surface area contributed by atoms with E-state index in [2.05, 4.69) is 38.2 Å². The molecule has 1 aliphatic rings. The average molecular weight is 278 g/mol. The highest BCUT2D eigenvalue weighted by molar-refractivity contribution is 4.94. The van der Waals surface area contributed by atoms with E-state index in [0.29, 0.717) is 12.2 Å². The molecule has 1 saturated heterocycles. The van der Waals surface area contributed by atoms with Crippen LogP contribution in [0.3, 0.4) is 0 Å². The fourth-order valence-corrected chi connectivity index (χ4v) is 2.52. The third-order valence-corrected chi connectivity index (χ3v) is 4.03. The first-order valence-electron chi connectivity index (χ1n) is 8.80. The van der Waals surface area contributed by atoms with E-state index in [9.17, 15) is 0 Å². The van der Waals surface area contributed by atoms with Gasteiger partial charge < -0.3 is 4.74 Å². The van der Waals surface area contributed by atoms with Gasteiger partial charge in [-0.1, -0.05) is 69.8 Å². The second-order valence-electron chi connectivity index (χ2n) is 6.05. The molecule has 0 aromatic heterocycles. The van der Waals surface area contributed by atoms with Gasteiger partial charge in [0.1, 0.15) is 0 Å². The lowest BCUT2D eigenvalue weighted by molar-refractivity contribution is 0.371. The Kier molecular flexibility index (Phi) is 10.7. The molecular weight excluding hydrogens is 244 g/mol. The van der Waals surface area contributed by atoms with E-state index in [4.69, 9.17) is 4.74 Å². The highest BCUT2D eigenvalue weighted by atomic mass is 16.6. The molecule has 1 nitrogen and oxygen atoms in total. The smallest absolute Gasteiger partial charge is 0.0842 e. The van der Waals surface area contributed by atoms with Gasteiger partial charge in [-0.3, -0.25) is 0 Å². The molecule has 0 bridgehead atoms. The van der Waals surface area contributed by atoms with Crippen molar-refractivity contribution in [1.29, 1.82) is 0 Å². The third-order valence-electron chi connectivity index (χ3n) is 4.03. The molecular formula is C19H34O. The summed E-state index contributed by atoms with van der Waals surface area (Å²) in [6.45, 7) is 4.43. The quantitative estimate of drug-likeness (QED) is 0.222. The SMILES string of the molecule is CCCCCCCCC/C=C\C/C=C\CCC1OC1C. The minimum Gasteiger partial charge on any atom is -0.370 e. The molecule has 1 heterocycles. The van der Waals surface area contributed by atoms with Crippen LogP contribution in [0.2, 0.25) is 0 Å². The van der Waals surface area contributed by atoms with Crippen molar-refractivity contribution >= 4 is 0 Å². The summed E-state index contributed by atoms with van der Waals surface area (Å²) in [5, 5.41) is 0. The molecule has 0 amide bonds. The standard InChI is InChI=1S/C19H34O/c1-3-4-5-6-7-8-9-10-11-12-13-14-15-16-17-19-18(2)20-19/h11-12,14-15,18-19H,3-10,13,16-17H2,1-2H3/b12-11-,15-14-. The lowest BCUT2D eigenvalue weighted by Gasteiger charge is -1.98. The van der Waals surface area contributed by atoms with Crippen molar-refractivity contribution in [3.63, 3.8) is 0 Å². The zero-order chi connectivity index (χ0) is 14.5. The molecule has 0 saturated carbocycles. The van der Waals surface area contributed by atoms with Crippen LogP contribution < -0.4 is 0 Å². The lowest BCUT2D eigenvalue weighted by Crippen LogP contribution is -1.86. The molecule has 0 N–H and O–H groups in total. The molecule has 1 aliphatic heterocycles. The molecule has 2 atom stereocenters. The van der Waals surface area contributed by atoms with Crippen LogP contribution in [0, 0.1) is 0 Å². The van der Waals surface area contributed by atoms with E-state index >= 15 is 0 Å². The zero-order valence-corrected chi connectivity index (χ0v) is 13.7. The van der Waals surface area contributed by atoms with Gasteiger partial charge in [-0.25, -0.2) is 0 Å². The van der Waals surface area contributed by atoms with Gasteiger partial charge in [0.05, 0.1) is 12.2 Å². The maximum absolute atomic E-state index is 5.38. The maximum Gasteiger partial charge on any atom is 0.0842 e. The van der Waals surface area contributed by atoms with E-state index in [1.54, 1.807) is 0 Å². The normalized spacial score (nSPS) is 22.1. The molecule has 1 fully saturated rings. The first kappa shape index (κ1) is 17.5. The largest absolute Gasteiger partial charge is 0.370 e. The average Bonchev–Trinajstić information content (AvgIpc) is 3.15. The summed E-state index contributed by atoms with van der Waals surface area (Å²) in [6.07, 6.45) is 24.9. The molecule has 0 radical (unpaired) electrons. The fraction of sp³-hybridized carbons (Fsp3) is 0.789. The van der Waals surface area contributed by atoms with E-state index in [1.165, 1.54) is 64.2 Å². The zero-order valence-electron chi connectivity index (χ0n) is 13.7. The van der Waals surface area contributed by atoms with Crippen LogP contribution in [0.4, 0.5) is 0 Å². The van der Waals surface area contributed by atoms with Gasteiger partial charge in [0.15, 0.2) is 0 Å². The second kappa shape index (κ2) is 12.2. The minimum absolute atomic E-state index is 0.519. The molecule has 0 aromatic carbocycles. The van der Waals surface area contributed by atoms with Crippen LogP contribution in [0.5, 0.6) is 0 Å². The molecule has 20 heavy (non-hydrogen) atoms. The van der Waals surface area contributed by atoms with Gasteiger partial charge in [0.25, 0.3) is 0 Å². The monoisotopic (exact) mass is 278 g/mol. The number of ether oxygens (including phenoxy) is 1. The summed E-state index contributed by atoms with van der Waals surface area (Å²) in [4.78, 5) is 0. The Hall–Kier alpha value is -0.560. The van der Waals surface area contributed by atoms with Crippen LogP contribution >= 0.6 is 0 Å². The van der Waals surface area contributed by atoms with Gasteiger partial charge in [-0.05, 0) is 39.0 Å². The summed E-state index contributed by atoms with van der Waals surface area (Å²) >= 11 is 0. The number of rotatable bonds is 13. The molecule has 116 valence electrons. The van der Waals surface area contributed by atoms with E-state index in [0.717, 1.165) is 6.42 Å². The van der Waals surface area contributed by atoms with E-state index in [1.807, 2.05) is 0 Å². The van der Waals surface area contributed by atoms with Crippen molar-refractivity contribution < 1.29 is 4.74 Å². The molecule has 1 heteroatoms. The Morgan fingerprint density at radius 3 is 2.05 bits per heavy atom. The lowest BCUT2D eigenvalue weighted by atomic mass is 10.1. The highest BCUT2D eigenvalue weighted by Crippen LogP contribution is 2.25. The maximum atomic E-state index is 5.38. The number of unbranched alkanes of at least 4 members (excludes halogenated alkanes) is 7. The summed E-state index contributed by atoms with van der Waals surface area (Å²) in [5.41, 5.74) is 0. The third kappa shape index (κ3) is 10.3. The number of allylic oxidation sites excluding steroid dienone is 4. The second-order valence-corrected chi connectivity index (χ2v) is 6.05. The fourth-order valence-electron chi connectivity index (χ4n) is 2.52. The van der Waals surface area contributed by atoms with Crippen LogP contribution in [-0.4, -0.2) is 12.2 Å². The Morgan fingerprint density at radius 1 is 0.800 bits per heavy atom. The van der Waals surface area contributed by atoms with Crippen molar-refractivity contribution in [2.24, 2.45) is 0 Å². The summed E-state index contributed by atoms with van der Waals surface area (Å²) in [5.74, 6) is 0. The van der Waals surface area contributed by atoms with Crippen LogP contribution in [0.25, 0.3) is 0 Å². The van der Waals surface area contributed by atoms with Crippen LogP contribution in [0.1, 0.15) is 84.5 Å². The molecule has 0 aliphatic carbocycles. The van der Waals surface area contributed by atoms with Crippen molar-refractivity contribution in [2.45, 2.75) is 96.7 Å². The molecule has 0 aromatic rings. The van der Waals surface area contributed by atoms with Gasteiger partial charge in [0, 0.05) is 0 Å². The van der Waals surface area contributed by atoms with Gasteiger partial charge >= 0.3 is 0 Å². The van der Waals surface area contributed by atoms with Gasteiger partial charge in [0.2, 0.25) is 0 Å². The summed E-state index contributed by atoms with van der Waals surface area (Å²) in [7, 11) is 0. The Labute approximate surface area is 126 Å². The predicted molar refractivity (Wildman–Crippen MR) is 89.1 cm³/mol. The Bertz CT molecular complexity index is 267. The molecule has 1 rings (SSSR count). The number of epoxide rings is 1. The minimum atomic E-state index is 0.519. The predicted octanol–water partition coefficient (Wildman–Crippen LogP) is 6.20. The summed E-state index contributed by atoms with van der Waals surface area (Å²) < 4.78 is 5.38. The van der Waals surface area contributed by atoms with Crippen LogP contribution in [0.15, 0.2) is 24.3 Å². The topological polar surface area (TPSA) is 12.5 Å². The van der Waals surface area contributed by atoms with Crippen molar-refractivity contribution in [3.05, 3.63) is 24.3 Å². The highest BCUT2D eigenvalue weighted by Gasteiger charge is 2.32. The Morgan fingerprint density at radius 2 is 1.40 bits per heavy atom. The van der Waals surface area contributed by atoms with Crippen molar-refractivity contribution in [1.82, 2.24) is 0 Å². The van der Waals surface area contributed by atoms with Gasteiger partial charge in [-0.15, -0.1) is 0 Å². The first-order valence-corrected chi connectivity index (χ1v) is 8.80. The molecule has 0 spiro atoms. The van der Waals surface area contributed by atoms with E-state index < -0.39 is 0 Å². The number of hydrogen-bond donors (Lipinski definition) is 0. The Balaban J connectivity index is 1.76. The summed E-state index contributed by atoms with van der Waals surface area (Å²) in [6, 6.07) is 0. The molecule has 2 unspecified atom stereocenters.